The minimum absolute atomic E-state index is 0.234. The van der Waals surface area contributed by atoms with Gasteiger partial charge in [-0.05, 0) is 39.0 Å². The van der Waals surface area contributed by atoms with Crippen molar-refractivity contribution in [2.45, 2.75) is 31.3 Å². The molecule has 0 saturated carbocycles. The molecule has 1 rings (SSSR count). The highest BCUT2D eigenvalue weighted by Gasteiger charge is 2.23. The minimum atomic E-state index is -5.22. The largest absolute Gasteiger partial charge is 0.456 e. The smallest absolute Gasteiger partial charge is 0.338 e. The highest BCUT2D eigenvalue weighted by Crippen LogP contribution is 2.20. The fraction of sp³-hybridized carbons (Fsp3) is 0.364. The Morgan fingerprint density at radius 3 is 2.28 bits per heavy atom. The van der Waals surface area contributed by atoms with E-state index in [-0.39, 0.29) is 5.56 Å². The Morgan fingerprint density at radius 1 is 1.28 bits per heavy atom. The molecule has 0 bridgehead atoms. The third-order valence-electron chi connectivity index (χ3n) is 1.83. The van der Waals surface area contributed by atoms with Crippen molar-refractivity contribution in [3.8, 4) is 0 Å². The summed E-state index contributed by atoms with van der Waals surface area (Å²) in [6.45, 7) is 4.84. The molecule has 0 N–H and O–H groups in total. The monoisotopic (exact) mass is 278 g/mol. The van der Waals surface area contributed by atoms with Crippen LogP contribution in [0.2, 0.25) is 0 Å². The van der Waals surface area contributed by atoms with E-state index in [1.54, 1.807) is 20.8 Å². The van der Waals surface area contributed by atoms with Gasteiger partial charge in [-0.2, -0.15) is 8.42 Å². The summed E-state index contributed by atoms with van der Waals surface area (Å²) in [5.74, 6) is -2.11. The predicted molar refractivity (Wildman–Crippen MR) is 59.9 cm³/mol. The lowest BCUT2D eigenvalue weighted by Gasteiger charge is -2.19. The van der Waals surface area contributed by atoms with Crippen LogP contribution in [-0.4, -0.2) is 20.0 Å². The van der Waals surface area contributed by atoms with Crippen LogP contribution in [0.3, 0.4) is 0 Å². The van der Waals surface area contributed by atoms with E-state index in [0.29, 0.717) is 12.1 Å². The Labute approximate surface area is 104 Å². The van der Waals surface area contributed by atoms with Crippen LogP contribution in [0.15, 0.2) is 23.1 Å². The second-order valence-corrected chi connectivity index (χ2v) is 5.90. The fourth-order valence-electron chi connectivity index (χ4n) is 1.15. The summed E-state index contributed by atoms with van der Waals surface area (Å²) in [6, 6.07) is 2.34. The van der Waals surface area contributed by atoms with Crippen LogP contribution in [0.25, 0.3) is 0 Å². The van der Waals surface area contributed by atoms with E-state index < -0.39 is 32.5 Å². The van der Waals surface area contributed by atoms with Gasteiger partial charge in [0, 0.05) is 0 Å². The van der Waals surface area contributed by atoms with Crippen molar-refractivity contribution in [3.05, 3.63) is 29.6 Å². The topological polar surface area (TPSA) is 60.4 Å². The van der Waals surface area contributed by atoms with Crippen molar-refractivity contribution in [1.29, 1.82) is 0 Å². The highest BCUT2D eigenvalue weighted by atomic mass is 32.3. The number of carbonyl (C=O) groups excluding carboxylic acids is 1. The number of hydrogen-bond donors (Lipinski definition) is 0. The molecule has 0 atom stereocenters. The Hall–Kier alpha value is -1.50. The van der Waals surface area contributed by atoms with Crippen LogP contribution in [-0.2, 0) is 15.0 Å². The van der Waals surface area contributed by atoms with Gasteiger partial charge in [-0.3, -0.25) is 0 Å². The maximum atomic E-state index is 13.1. The molecular weight excluding hydrogens is 266 g/mol. The summed E-state index contributed by atoms with van der Waals surface area (Å²) in [6.07, 6.45) is 0. The van der Waals surface area contributed by atoms with Crippen LogP contribution in [0.5, 0.6) is 0 Å². The molecular formula is C11H12F2O4S. The van der Waals surface area contributed by atoms with Crippen molar-refractivity contribution in [3.63, 3.8) is 0 Å². The van der Waals surface area contributed by atoms with Crippen LogP contribution >= 0.6 is 0 Å². The normalized spacial score (nSPS) is 12.3. The van der Waals surface area contributed by atoms with Crippen LogP contribution in [0.4, 0.5) is 8.28 Å². The summed E-state index contributed by atoms with van der Waals surface area (Å²) in [4.78, 5) is 10.4. The Bertz CT molecular complexity index is 573. The van der Waals surface area contributed by atoms with Gasteiger partial charge in [0.25, 0.3) is 0 Å². The Kier molecular flexibility index (Phi) is 3.75. The molecule has 4 nitrogen and oxygen atoms in total. The van der Waals surface area contributed by atoms with E-state index in [2.05, 4.69) is 0 Å². The average Bonchev–Trinajstić information content (AvgIpc) is 2.13. The van der Waals surface area contributed by atoms with Crippen molar-refractivity contribution in [2.75, 3.05) is 0 Å². The maximum absolute atomic E-state index is 13.1. The Balaban J connectivity index is 3.18. The van der Waals surface area contributed by atoms with Crippen LogP contribution < -0.4 is 0 Å². The van der Waals surface area contributed by atoms with Gasteiger partial charge in [0.1, 0.15) is 16.3 Å². The molecule has 0 aliphatic carbocycles. The van der Waals surface area contributed by atoms with Gasteiger partial charge in [0.2, 0.25) is 0 Å². The molecule has 0 spiro atoms. The Morgan fingerprint density at radius 2 is 1.83 bits per heavy atom. The lowest BCUT2D eigenvalue weighted by molar-refractivity contribution is 0.00692. The fourth-order valence-corrected chi connectivity index (χ4v) is 1.72. The second kappa shape index (κ2) is 4.64. The average molecular weight is 278 g/mol. The molecule has 1 aromatic carbocycles. The third kappa shape index (κ3) is 3.76. The van der Waals surface area contributed by atoms with Gasteiger partial charge in [0.05, 0.1) is 5.56 Å². The van der Waals surface area contributed by atoms with E-state index in [0.717, 1.165) is 6.07 Å². The molecule has 100 valence electrons. The molecule has 0 fully saturated rings. The van der Waals surface area contributed by atoms with Crippen molar-refractivity contribution in [1.82, 2.24) is 0 Å². The molecule has 0 amide bonds. The molecule has 7 heteroatoms. The lowest BCUT2D eigenvalue weighted by Crippen LogP contribution is -2.24. The van der Waals surface area contributed by atoms with Crippen molar-refractivity contribution >= 4 is 16.2 Å². The summed E-state index contributed by atoms with van der Waals surface area (Å²) in [5.41, 5.74) is -1.03. The zero-order valence-electron chi connectivity index (χ0n) is 10.0. The van der Waals surface area contributed by atoms with E-state index >= 15 is 0 Å². The summed E-state index contributed by atoms with van der Waals surface area (Å²) in [5, 5.41) is 0. The first kappa shape index (κ1) is 14.6. The van der Waals surface area contributed by atoms with Gasteiger partial charge in [-0.15, -0.1) is 3.89 Å². The molecule has 0 unspecified atom stereocenters. The van der Waals surface area contributed by atoms with Crippen molar-refractivity contribution < 1.29 is 26.2 Å². The molecule has 0 aliphatic rings. The number of halogens is 2. The second-order valence-electron chi connectivity index (χ2n) is 4.58. The standard InChI is InChI=1S/C11H12F2O4S/c1-11(2,3)17-10(14)7-4-5-8(12)9(6-7)18(13,15)16/h4-6H,1-3H3. The third-order valence-corrected chi connectivity index (χ3v) is 2.67. The first-order chi connectivity index (χ1) is 8.00. The van der Waals surface area contributed by atoms with Gasteiger partial charge in [0.15, 0.2) is 0 Å². The quantitative estimate of drug-likeness (QED) is 0.616. The zero-order valence-corrected chi connectivity index (χ0v) is 10.8. The first-order valence-corrected chi connectivity index (χ1v) is 6.36. The van der Waals surface area contributed by atoms with Gasteiger partial charge >= 0.3 is 16.2 Å². The van der Waals surface area contributed by atoms with E-state index in [4.69, 9.17) is 4.74 Å². The molecule has 0 heterocycles. The molecule has 0 saturated heterocycles. The molecule has 0 aromatic heterocycles. The summed E-state index contributed by atoms with van der Waals surface area (Å²) >= 11 is 0. The lowest BCUT2D eigenvalue weighted by atomic mass is 10.1. The highest BCUT2D eigenvalue weighted by molar-refractivity contribution is 7.86. The molecule has 0 radical (unpaired) electrons. The van der Waals surface area contributed by atoms with E-state index in [1.807, 2.05) is 0 Å². The summed E-state index contributed by atoms with van der Waals surface area (Å²) < 4.78 is 52.1. The zero-order chi connectivity index (χ0) is 14.1. The van der Waals surface area contributed by atoms with Gasteiger partial charge in [-0.25, -0.2) is 9.18 Å². The SMILES string of the molecule is CC(C)(C)OC(=O)c1ccc(F)c(S(=O)(=O)F)c1. The van der Waals surface area contributed by atoms with Crippen LogP contribution in [0.1, 0.15) is 31.1 Å². The van der Waals surface area contributed by atoms with Gasteiger partial charge < -0.3 is 4.74 Å². The first-order valence-electron chi connectivity index (χ1n) is 4.98. The number of benzene rings is 1. The predicted octanol–water partition coefficient (Wildman–Crippen LogP) is 2.44. The van der Waals surface area contributed by atoms with Crippen molar-refractivity contribution in [2.24, 2.45) is 0 Å². The number of esters is 1. The molecule has 18 heavy (non-hydrogen) atoms. The number of carbonyl (C=O) groups is 1. The minimum Gasteiger partial charge on any atom is -0.456 e. The van der Waals surface area contributed by atoms with E-state index in [1.165, 1.54) is 0 Å². The van der Waals surface area contributed by atoms with Crippen LogP contribution in [0, 0.1) is 5.82 Å². The molecule has 1 aromatic rings. The number of rotatable bonds is 2. The molecule has 0 aliphatic heterocycles. The number of hydrogen-bond acceptors (Lipinski definition) is 4. The summed E-state index contributed by atoms with van der Waals surface area (Å²) in [7, 11) is -5.22. The van der Waals surface area contributed by atoms with E-state index in [9.17, 15) is 21.5 Å². The van der Waals surface area contributed by atoms with Gasteiger partial charge in [-0.1, -0.05) is 0 Å². The number of ether oxygens (including phenoxy) is 1. The maximum Gasteiger partial charge on any atom is 0.338 e.